The maximum absolute atomic E-state index is 10.6. The fraction of sp³-hybridized carbons (Fsp3) is 0.143. The van der Waals surface area contributed by atoms with Crippen molar-refractivity contribution in [3.63, 3.8) is 0 Å². The fourth-order valence-corrected chi connectivity index (χ4v) is 1.41. The maximum Gasteiger partial charge on any atom is 0.255 e. The minimum Gasteiger partial charge on any atom is -0.545 e. The number of carbonyl (C=O) groups is 1. The summed E-state index contributed by atoms with van der Waals surface area (Å²) in [5.74, 6) is -1.15. The number of anilines is 1. The molecule has 0 unspecified atom stereocenters. The molecule has 0 atom stereocenters. The van der Waals surface area contributed by atoms with Crippen LogP contribution in [0.4, 0.5) is 5.82 Å². The molecule has 7 nitrogen and oxygen atoms in total. The van der Waals surface area contributed by atoms with E-state index >= 15 is 0 Å². The number of carboxylic acids is 1. The van der Waals surface area contributed by atoms with Crippen LogP contribution in [0.25, 0.3) is 5.78 Å². The van der Waals surface area contributed by atoms with E-state index in [9.17, 15) is 9.90 Å². The largest absolute Gasteiger partial charge is 0.545 e. The molecule has 0 bridgehead atoms. The van der Waals surface area contributed by atoms with Crippen molar-refractivity contribution in [1.29, 1.82) is 0 Å². The molecule has 0 radical (unpaired) electrons. The van der Waals surface area contributed by atoms with Crippen molar-refractivity contribution in [2.24, 2.45) is 0 Å². The van der Waals surface area contributed by atoms with Crippen LogP contribution in [0.2, 0.25) is 0 Å². The normalized spacial score (nSPS) is 10.7. The zero-order valence-electron chi connectivity index (χ0n) is 7.67. The van der Waals surface area contributed by atoms with Gasteiger partial charge in [-0.05, 0) is 6.26 Å². The lowest BCUT2D eigenvalue weighted by atomic mass is 10.3. The van der Waals surface area contributed by atoms with Gasteiger partial charge in [-0.2, -0.15) is 9.50 Å². The van der Waals surface area contributed by atoms with Crippen LogP contribution < -0.4 is 10.8 Å². The SMILES string of the molecule is CSc1nc2ncc(C(=O)[O-])c(N)n2n1. The molecular formula is C7H6N5O2S-. The van der Waals surface area contributed by atoms with E-state index in [1.54, 1.807) is 6.26 Å². The number of fused-ring (bicyclic) bond motifs is 1. The molecule has 78 valence electrons. The molecule has 0 saturated carbocycles. The van der Waals surface area contributed by atoms with E-state index in [4.69, 9.17) is 5.73 Å². The van der Waals surface area contributed by atoms with Gasteiger partial charge in [0.2, 0.25) is 5.16 Å². The summed E-state index contributed by atoms with van der Waals surface area (Å²) >= 11 is 1.32. The number of hydrogen-bond acceptors (Lipinski definition) is 7. The van der Waals surface area contributed by atoms with Gasteiger partial charge in [0.1, 0.15) is 5.82 Å². The average Bonchev–Trinajstić information content (AvgIpc) is 2.61. The second-order valence-corrected chi connectivity index (χ2v) is 3.43. The first kappa shape index (κ1) is 9.71. The summed E-state index contributed by atoms with van der Waals surface area (Å²) < 4.78 is 1.18. The smallest absolute Gasteiger partial charge is 0.255 e. The summed E-state index contributed by atoms with van der Waals surface area (Å²) in [6.45, 7) is 0. The lowest BCUT2D eigenvalue weighted by Gasteiger charge is -2.05. The van der Waals surface area contributed by atoms with Gasteiger partial charge in [0.05, 0.1) is 11.5 Å². The van der Waals surface area contributed by atoms with Crippen molar-refractivity contribution in [2.75, 3.05) is 12.0 Å². The molecule has 0 amide bonds. The third kappa shape index (κ3) is 1.48. The maximum atomic E-state index is 10.6. The van der Waals surface area contributed by atoms with Gasteiger partial charge < -0.3 is 15.6 Å². The van der Waals surface area contributed by atoms with Crippen LogP contribution in [0.1, 0.15) is 10.4 Å². The third-order valence-corrected chi connectivity index (χ3v) is 2.32. The first-order valence-electron chi connectivity index (χ1n) is 3.90. The van der Waals surface area contributed by atoms with Crippen LogP contribution in [0, 0.1) is 0 Å². The van der Waals surface area contributed by atoms with Gasteiger partial charge in [0.15, 0.2) is 0 Å². The molecule has 0 spiro atoms. The molecule has 0 aromatic carbocycles. The lowest BCUT2D eigenvalue weighted by molar-refractivity contribution is -0.255. The average molecular weight is 224 g/mol. The van der Waals surface area contributed by atoms with Crippen molar-refractivity contribution in [3.8, 4) is 0 Å². The predicted molar refractivity (Wildman–Crippen MR) is 51.3 cm³/mol. The molecule has 2 aromatic rings. The van der Waals surface area contributed by atoms with Gasteiger partial charge in [0.25, 0.3) is 5.78 Å². The van der Waals surface area contributed by atoms with Gasteiger partial charge in [-0.15, -0.1) is 5.10 Å². The second-order valence-electron chi connectivity index (χ2n) is 2.65. The van der Waals surface area contributed by atoms with Crippen molar-refractivity contribution in [2.45, 2.75) is 5.16 Å². The number of nitrogen functional groups attached to an aromatic ring is 1. The monoisotopic (exact) mass is 224 g/mol. The van der Waals surface area contributed by atoms with Crippen LogP contribution in [0.5, 0.6) is 0 Å². The predicted octanol–water partition coefficient (Wildman–Crippen LogP) is -1.21. The minimum atomic E-state index is -1.39. The van der Waals surface area contributed by atoms with E-state index in [0.29, 0.717) is 5.16 Å². The highest BCUT2D eigenvalue weighted by molar-refractivity contribution is 7.98. The van der Waals surface area contributed by atoms with Crippen LogP contribution in [0.3, 0.4) is 0 Å². The first-order valence-corrected chi connectivity index (χ1v) is 5.12. The number of carboxylic acid groups (broad SMARTS) is 1. The highest BCUT2D eigenvalue weighted by Crippen LogP contribution is 2.14. The lowest BCUT2D eigenvalue weighted by Crippen LogP contribution is -2.25. The molecule has 8 heteroatoms. The molecule has 0 aliphatic carbocycles. The number of nitrogens with zero attached hydrogens (tertiary/aromatic N) is 4. The summed E-state index contributed by atoms with van der Waals surface area (Å²) in [4.78, 5) is 18.5. The summed E-state index contributed by atoms with van der Waals surface area (Å²) in [5, 5.41) is 15.1. The molecule has 0 saturated heterocycles. The highest BCUT2D eigenvalue weighted by Gasteiger charge is 2.10. The summed E-state index contributed by atoms with van der Waals surface area (Å²) in [6, 6.07) is 0. The van der Waals surface area contributed by atoms with Crippen molar-refractivity contribution in [3.05, 3.63) is 11.8 Å². The highest BCUT2D eigenvalue weighted by atomic mass is 32.2. The number of carbonyl (C=O) groups excluding carboxylic acids is 1. The number of hydrogen-bond donors (Lipinski definition) is 1. The zero-order chi connectivity index (χ0) is 11.0. The quantitative estimate of drug-likeness (QED) is 0.637. The van der Waals surface area contributed by atoms with Crippen molar-refractivity contribution >= 4 is 29.3 Å². The number of aromatic carboxylic acids is 1. The van der Waals surface area contributed by atoms with E-state index in [-0.39, 0.29) is 17.2 Å². The Morgan fingerprint density at radius 3 is 3.00 bits per heavy atom. The van der Waals surface area contributed by atoms with Gasteiger partial charge in [-0.25, -0.2) is 4.98 Å². The third-order valence-electron chi connectivity index (χ3n) is 1.79. The molecule has 2 heterocycles. The van der Waals surface area contributed by atoms with Crippen LogP contribution in [-0.2, 0) is 0 Å². The van der Waals surface area contributed by atoms with Gasteiger partial charge in [-0.3, -0.25) is 0 Å². The van der Waals surface area contributed by atoms with Gasteiger partial charge in [-0.1, -0.05) is 11.8 Å². The van der Waals surface area contributed by atoms with Gasteiger partial charge >= 0.3 is 0 Å². The first-order chi connectivity index (χ1) is 7.13. The summed E-state index contributed by atoms with van der Waals surface area (Å²) in [5.41, 5.74) is 5.38. The van der Waals surface area contributed by atoms with Crippen LogP contribution >= 0.6 is 11.8 Å². The van der Waals surface area contributed by atoms with E-state index in [2.05, 4.69) is 15.1 Å². The van der Waals surface area contributed by atoms with E-state index in [0.717, 1.165) is 6.20 Å². The Morgan fingerprint density at radius 2 is 2.40 bits per heavy atom. The molecule has 2 rings (SSSR count). The Bertz CT molecular complexity index is 537. The molecule has 0 fully saturated rings. The minimum absolute atomic E-state index is 0.0344. The Kier molecular flexibility index (Phi) is 2.19. The van der Waals surface area contributed by atoms with Crippen LogP contribution in [0.15, 0.2) is 11.4 Å². The zero-order valence-corrected chi connectivity index (χ0v) is 8.48. The standard InChI is InChI=1S/C7H7N5O2S/c1-15-7-10-6-9-2-3(5(13)14)4(8)12(6)11-7/h2H,8H2,1H3,(H,13,14)/p-1. The molecule has 2 N–H and O–H groups in total. The molecule has 0 aliphatic rings. The molecule has 2 aromatic heterocycles. The summed E-state index contributed by atoms with van der Waals surface area (Å²) in [7, 11) is 0. The number of thioether (sulfide) groups is 1. The van der Waals surface area contributed by atoms with E-state index in [1.807, 2.05) is 0 Å². The topological polar surface area (TPSA) is 109 Å². The van der Waals surface area contributed by atoms with Gasteiger partial charge in [0, 0.05) is 6.20 Å². The van der Waals surface area contributed by atoms with E-state index in [1.165, 1.54) is 16.3 Å². The molecular weight excluding hydrogens is 218 g/mol. The Morgan fingerprint density at radius 1 is 1.67 bits per heavy atom. The fourth-order valence-electron chi connectivity index (χ4n) is 1.08. The molecule has 15 heavy (non-hydrogen) atoms. The van der Waals surface area contributed by atoms with E-state index < -0.39 is 5.97 Å². The summed E-state index contributed by atoms with van der Waals surface area (Å²) in [6.07, 6.45) is 2.91. The number of nitrogens with two attached hydrogens (primary N) is 1. The second kappa shape index (κ2) is 3.39. The Labute approximate surface area is 88.3 Å². The number of aromatic nitrogens is 4. The van der Waals surface area contributed by atoms with Crippen molar-refractivity contribution < 1.29 is 9.90 Å². The van der Waals surface area contributed by atoms with Crippen LogP contribution in [-0.4, -0.2) is 31.8 Å². The molecule has 0 aliphatic heterocycles. The Hall–Kier alpha value is -1.83. The Balaban J connectivity index is 2.72. The van der Waals surface area contributed by atoms with Crippen molar-refractivity contribution in [1.82, 2.24) is 19.6 Å². The number of rotatable bonds is 2.